The number of rotatable bonds is 8. The summed E-state index contributed by atoms with van der Waals surface area (Å²) in [7, 11) is 1.90. The van der Waals surface area contributed by atoms with Gasteiger partial charge in [0.15, 0.2) is 11.2 Å². The Bertz CT molecular complexity index is 931. The first-order chi connectivity index (χ1) is 13.6. The first-order valence-corrected chi connectivity index (χ1v) is 11.0. The second-order valence-corrected chi connectivity index (χ2v) is 8.69. The van der Waals surface area contributed by atoms with Gasteiger partial charge in [0.1, 0.15) is 5.82 Å². The molecule has 2 aromatic rings. The summed E-state index contributed by atoms with van der Waals surface area (Å²) in [6.45, 7) is 4.57. The summed E-state index contributed by atoms with van der Waals surface area (Å²) in [6.07, 6.45) is 11.2. The number of H-pyrrole nitrogens is 1. The van der Waals surface area contributed by atoms with Gasteiger partial charge in [-0.15, -0.1) is 0 Å². The molecule has 2 aliphatic carbocycles. The predicted octanol–water partition coefficient (Wildman–Crippen LogP) is 2.77. The minimum absolute atomic E-state index is 0.334. The first kappa shape index (κ1) is 19.4. The molecule has 7 nitrogen and oxygen atoms in total. The number of aryl methyl sites for hydroxylation is 2. The Morgan fingerprint density at radius 1 is 1.14 bits per heavy atom. The van der Waals surface area contributed by atoms with E-state index in [1.54, 1.807) is 4.57 Å². The van der Waals surface area contributed by atoms with E-state index in [4.69, 9.17) is 4.98 Å². The van der Waals surface area contributed by atoms with E-state index >= 15 is 0 Å². The maximum absolute atomic E-state index is 12.5. The number of hydrogen-bond donors (Lipinski definition) is 1. The first-order valence-electron chi connectivity index (χ1n) is 11.0. The van der Waals surface area contributed by atoms with E-state index < -0.39 is 0 Å². The maximum Gasteiger partial charge on any atom is 0.330 e. The van der Waals surface area contributed by atoms with Gasteiger partial charge in [-0.25, -0.2) is 9.78 Å². The fourth-order valence-corrected chi connectivity index (χ4v) is 4.62. The van der Waals surface area contributed by atoms with Crippen LogP contribution in [0.4, 0.5) is 0 Å². The van der Waals surface area contributed by atoms with Crippen molar-refractivity contribution in [3.8, 4) is 0 Å². The lowest BCUT2D eigenvalue weighted by Gasteiger charge is -2.29. The Balaban J connectivity index is 1.64. The van der Waals surface area contributed by atoms with Gasteiger partial charge in [0.25, 0.3) is 5.56 Å². The van der Waals surface area contributed by atoms with E-state index in [9.17, 15) is 9.59 Å². The zero-order valence-electron chi connectivity index (χ0n) is 17.2. The van der Waals surface area contributed by atoms with Crippen molar-refractivity contribution in [2.75, 3.05) is 6.54 Å². The number of fused-ring (bicyclic) bond motifs is 1. The Labute approximate surface area is 165 Å². The highest BCUT2D eigenvalue weighted by molar-refractivity contribution is 5.70. The molecule has 0 unspecified atom stereocenters. The number of aromatic amines is 1. The smallest absolute Gasteiger partial charge is 0.324 e. The third-order valence-electron chi connectivity index (χ3n) is 6.47. The molecular formula is C21H33N5O2. The summed E-state index contributed by atoms with van der Waals surface area (Å²) in [5.41, 5.74) is 0.364. The van der Waals surface area contributed by atoms with Crippen LogP contribution in [0.1, 0.15) is 70.5 Å². The SMILES string of the molecule is CCCCn1c(=O)[nH]c(=O)c2c1nc(CN(CC1CCCCC1)C1CC1)n2C. The zero-order valence-corrected chi connectivity index (χ0v) is 17.2. The molecule has 0 aliphatic heterocycles. The van der Waals surface area contributed by atoms with Crippen LogP contribution in [0.3, 0.4) is 0 Å². The predicted molar refractivity (Wildman–Crippen MR) is 111 cm³/mol. The molecule has 7 heteroatoms. The van der Waals surface area contributed by atoms with Crippen molar-refractivity contribution in [2.45, 2.75) is 83.8 Å². The van der Waals surface area contributed by atoms with Gasteiger partial charge >= 0.3 is 5.69 Å². The summed E-state index contributed by atoms with van der Waals surface area (Å²) in [5.74, 6) is 1.68. The molecule has 2 saturated carbocycles. The van der Waals surface area contributed by atoms with Crippen LogP contribution in [0.25, 0.3) is 11.2 Å². The van der Waals surface area contributed by atoms with Crippen LogP contribution in [0, 0.1) is 5.92 Å². The van der Waals surface area contributed by atoms with Crippen molar-refractivity contribution >= 4 is 11.2 Å². The van der Waals surface area contributed by atoms with Crippen molar-refractivity contribution in [1.29, 1.82) is 0 Å². The number of aromatic nitrogens is 4. The van der Waals surface area contributed by atoms with Crippen LogP contribution in [-0.4, -0.2) is 36.6 Å². The summed E-state index contributed by atoms with van der Waals surface area (Å²) < 4.78 is 3.53. The highest BCUT2D eigenvalue weighted by Crippen LogP contribution is 2.32. The molecule has 28 heavy (non-hydrogen) atoms. The largest absolute Gasteiger partial charge is 0.330 e. The lowest BCUT2D eigenvalue weighted by Crippen LogP contribution is -2.33. The molecule has 4 rings (SSSR count). The summed E-state index contributed by atoms with van der Waals surface area (Å²) >= 11 is 0. The average molecular weight is 388 g/mol. The van der Waals surface area contributed by atoms with E-state index in [1.807, 2.05) is 11.6 Å². The molecule has 2 aromatic heterocycles. The molecule has 2 aliphatic rings. The summed E-state index contributed by atoms with van der Waals surface area (Å²) in [4.78, 5) is 34.6. The highest BCUT2D eigenvalue weighted by Gasteiger charge is 2.32. The second-order valence-electron chi connectivity index (χ2n) is 8.69. The number of nitrogens with zero attached hydrogens (tertiary/aromatic N) is 4. The van der Waals surface area contributed by atoms with Gasteiger partial charge in [-0.2, -0.15) is 0 Å². The van der Waals surface area contributed by atoms with Crippen molar-refractivity contribution in [1.82, 2.24) is 24.0 Å². The van der Waals surface area contributed by atoms with Crippen LogP contribution >= 0.6 is 0 Å². The maximum atomic E-state index is 12.5. The summed E-state index contributed by atoms with van der Waals surface area (Å²) in [6, 6.07) is 0.655. The third kappa shape index (κ3) is 3.95. The van der Waals surface area contributed by atoms with Gasteiger partial charge in [0.05, 0.1) is 6.54 Å². The Morgan fingerprint density at radius 2 is 1.89 bits per heavy atom. The normalized spacial score (nSPS) is 18.4. The van der Waals surface area contributed by atoms with Crippen LogP contribution in [-0.2, 0) is 20.1 Å². The van der Waals surface area contributed by atoms with E-state index in [1.165, 1.54) is 44.9 Å². The van der Waals surface area contributed by atoms with E-state index in [0.717, 1.165) is 37.7 Å². The molecule has 2 heterocycles. The minimum atomic E-state index is -0.350. The molecule has 154 valence electrons. The molecular weight excluding hydrogens is 354 g/mol. The molecule has 0 aromatic carbocycles. The van der Waals surface area contributed by atoms with Gasteiger partial charge in [-0.05, 0) is 38.0 Å². The van der Waals surface area contributed by atoms with Gasteiger partial charge in [-0.1, -0.05) is 32.6 Å². The molecule has 0 amide bonds. The molecule has 0 bridgehead atoms. The molecule has 0 radical (unpaired) electrons. The third-order valence-corrected chi connectivity index (χ3v) is 6.47. The number of hydrogen-bond acceptors (Lipinski definition) is 4. The van der Waals surface area contributed by atoms with Crippen molar-refractivity contribution in [3.05, 3.63) is 26.7 Å². The lowest BCUT2D eigenvalue weighted by atomic mass is 9.89. The van der Waals surface area contributed by atoms with Gasteiger partial charge in [-0.3, -0.25) is 19.2 Å². The van der Waals surface area contributed by atoms with Crippen molar-refractivity contribution in [3.63, 3.8) is 0 Å². The van der Waals surface area contributed by atoms with Crippen LogP contribution in [0.2, 0.25) is 0 Å². The van der Waals surface area contributed by atoms with E-state index in [0.29, 0.717) is 23.8 Å². The molecule has 1 N–H and O–H groups in total. The topological polar surface area (TPSA) is 75.9 Å². The van der Waals surface area contributed by atoms with Crippen LogP contribution in [0.15, 0.2) is 9.59 Å². The number of nitrogens with one attached hydrogen (secondary N) is 1. The molecule has 0 saturated heterocycles. The van der Waals surface area contributed by atoms with Gasteiger partial charge in [0, 0.05) is 26.2 Å². The minimum Gasteiger partial charge on any atom is -0.324 e. The standard InChI is InChI=1S/C21H33N5O2/c1-3-4-12-26-19-18(20(27)23-21(26)28)24(2)17(22-19)14-25(16-10-11-16)13-15-8-6-5-7-9-15/h15-16H,3-14H2,1-2H3,(H,23,27,28). The Kier molecular flexibility index (Phi) is 5.71. The quantitative estimate of drug-likeness (QED) is 0.756. The fourth-order valence-electron chi connectivity index (χ4n) is 4.62. The Morgan fingerprint density at radius 3 is 2.57 bits per heavy atom. The molecule has 0 spiro atoms. The van der Waals surface area contributed by atoms with Crippen molar-refractivity contribution in [2.24, 2.45) is 13.0 Å². The van der Waals surface area contributed by atoms with E-state index in [2.05, 4.69) is 16.8 Å². The second kappa shape index (κ2) is 8.23. The molecule has 0 atom stereocenters. The summed E-state index contributed by atoms with van der Waals surface area (Å²) in [5, 5.41) is 0. The fraction of sp³-hybridized carbons (Fsp3) is 0.762. The van der Waals surface area contributed by atoms with Gasteiger partial charge < -0.3 is 4.57 Å². The number of unbranched alkanes of at least 4 members (excludes halogenated alkanes) is 1. The Hall–Kier alpha value is -1.89. The average Bonchev–Trinajstić information content (AvgIpc) is 3.47. The lowest BCUT2D eigenvalue weighted by molar-refractivity contribution is 0.181. The monoisotopic (exact) mass is 387 g/mol. The van der Waals surface area contributed by atoms with E-state index in [-0.39, 0.29) is 11.2 Å². The van der Waals surface area contributed by atoms with Crippen LogP contribution in [0.5, 0.6) is 0 Å². The van der Waals surface area contributed by atoms with Crippen LogP contribution < -0.4 is 11.2 Å². The van der Waals surface area contributed by atoms with Crippen molar-refractivity contribution < 1.29 is 0 Å². The molecule has 2 fully saturated rings. The highest BCUT2D eigenvalue weighted by atomic mass is 16.2. The number of imidazole rings is 1. The zero-order chi connectivity index (χ0) is 19.7. The van der Waals surface area contributed by atoms with Gasteiger partial charge in [0.2, 0.25) is 0 Å².